The molecule has 110 valence electrons. The number of benzene rings is 1. The van der Waals surface area contributed by atoms with Gasteiger partial charge in [-0.1, -0.05) is 13.0 Å². The van der Waals surface area contributed by atoms with Crippen molar-refractivity contribution in [1.29, 1.82) is 0 Å². The van der Waals surface area contributed by atoms with E-state index < -0.39 is 11.8 Å². The largest absolute Gasteiger partial charge is 0.490 e. The van der Waals surface area contributed by atoms with Gasteiger partial charge in [0.05, 0.1) is 13.2 Å². The van der Waals surface area contributed by atoms with Crippen molar-refractivity contribution in [3.63, 3.8) is 0 Å². The highest BCUT2D eigenvalue weighted by Gasteiger charge is 2.12. The SMILES string of the molecule is CCCOc1ccc(CCC(=O)C(=O)O)cc1OCC. The molecule has 0 bridgehead atoms. The van der Waals surface area contributed by atoms with E-state index in [1.54, 1.807) is 12.1 Å². The number of carboxylic acid groups (broad SMARTS) is 1. The highest BCUT2D eigenvalue weighted by molar-refractivity contribution is 6.32. The third kappa shape index (κ3) is 4.91. The van der Waals surface area contributed by atoms with E-state index in [0.717, 1.165) is 12.0 Å². The number of aryl methyl sites for hydroxylation is 1. The van der Waals surface area contributed by atoms with Crippen molar-refractivity contribution < 1.29 is 24.2 Å². The van der Waals surface area contributed by atoms with E-state index in [2.05, 4.69) is 0 Å². The van der Waals surface area contributed by atoms with Crippen LogP contribution in [0.4, 0.5) is 0 Å². The van der Waals surface area contributed by atoms with Crippen molar-refractivity contribution in [3.05, 3.63) is 23.8 Å². The first kappa shape index (κ1) is 16.0. The van der Waals surface area contributed by atoms with Crippen molar-refractivity contribution in [1.82, 2.24) is 0 Å². The third-order valence-electron chi connectivity index (χ3n) is 2.65. The van der Waals surface area contributed by atoms with Gasteiger partial charge in [0.25, 0.3) is 0 Å². The molecule has 0 aliphatic heterocycles. The summed E-state index contributed by atoms with van der Waals surface area (Å²) in [7, 11) is 0. The standard InChI is InChI=1S/C15H20O5/c1-3-9-20-13-8-6-11(10-14(13)19-4-2)5-7-12(16)15(17)18/h6,8,10H,3-5,7,9H2,1-2H3,(H,17,18). The van der Waals surface area contributed by atoms with E-state index in [9.17, 15) is 9.59 Å². The fourth-order valence-corrected chi connectivity index (χ4v) is 1.67. The van der Waals surface area contributed by atoms with Gasteiger partial charge in [-0.05, 0) is 37.5 Å². The molecule has 0 saturated heterocycles. The van der Waals surface area contributed by atoms with E-state index in [1.165, 1.54) is 0 Å². The molecule has 0 aromatic heterocycles. The van der Waals surface area contributed by atoms with Gasteiger partial charge in [-0.15, -0.1) is 0 Å². The highest BCUT2D eigenvalue weighted by Crippen LogP contribution is 2.29. The Morgan fingerprint density at radius 2 is 1.90 bits per heavy atom. The number of hydrogen-bond acceptors (Lipinski definition) is 4. The van der Waals surface area contributed by atoms with Crippen LogP contribution < -0.4 is 9.47 Å². The summed E-state index contributed by atoms with van der Waals surface area (Å²) in [6, 6.07) is 5.41. The zero-order valence-electron chi connectivity index (χ0n) is 11.8. The number of carbonyl (C=O) groups excluding carboxylic acids is 1. The van der Waals surface area contributed by atoms with Crippen molar-refractivity contribution in [2.24, 2.45) is 0 Å². The molecule has 5 heteroatoms. The summed E-state index contributed by atoms with van der Waals surface area (Å²) < 4.78 is 11.1. The summed E-state index contributed by atoms with van der Waals surface area (Å²) in [6.45, 7) is 5.02. The lowest BCUT2D eigenvalue weighted by atomic mass is 10.1. The Morgan fingerprint density at radius 3 is 2.50 bits per heavy atom. The Balaban J connectivity index is 2.75. The first-order chi connectivity index (χ1) is 9.58. The molecule has 0 fully saturated rings. The second kappa shape index (κ2) is 8.19. The maximum Gasteiger partial charge on any atom is 0.372 e. The number of Topliss-reactive ketones (excluding diaryl/α,β-unsaturated/α-hetero) is 1. The van der Waals surface area contributed by atoms with E-state index >= 15 is 0 Å². The minimum atomic E-state index is -1.39. The van der Waals surface area contributed by atoms with Crippen molar-refractivity contribution >= 4 is 11.8 Å². The zero-order chi connectivity index (χ0) is 15.0. The number of rotatable bonds is 9. The summed E-state index contributed by atoms with van der Waals surface area (Å²) in [4.78, 5) is 21.5. The molecule has 0 radical (unpaired) electrons. The molecule has 20 heavy (non-hydrogen) atoms. The lowest BCUT2D eigenvalue weighted by molar-refractivity contribution is -0.149. The molecule has 0 amide bonds. The highest BCUT2D eigenvalue weighted by atomic mass is 16.5. The van der Waals surface area contributed by atoms with Gasteiger partial charge in [0.2, 0.25) is 5.78 Å². The minimum Gasteiger partial charge on any atom is -0.490 e. The Morgan fingerprint density at radius 1 is 1.15 bits per heavy atom. The molecular weight excluding hydrogens is 260 g/mol. The van der Waals surface area contributed by atoms with Gasteiger partial charge in [-0.3, -0.25) is 4.79 Å². The first-order valence-corrected chi connectivity index (χ1v) is 6.73. The van der Waals surface area contributed by atoms with Crippen LogP contribution in [0, 0.1) is 0 Å². The Labute approximate surface area is 118 Å². The van der Waals surface area contributed by atoms with E-state index in [-0.39, 0.29) is 6.42 Å². The van der Waals surface area contributed by atoms with Crippen LogP contribution in [-0.2, 0) is 16.0 Å². The average molecular weight is 280 g/mol. The van der Waals surface area contributed by atoms with Crippen LogP contribution in [-0.4, -0.2) is 30.1 Å². The normalized spacial score (nSPS) is 10.1. The molecule has 5 nitrogen and oxygen atoms in total. The number of aliphatic carboxylic acids is 1. The first-order valence-electron chi connectivity index (χ1n) is 6.73. The van der Waals surface area contributed by atoms with Gasteiger partial charge in [0, 0.05) is 6.42 Å². The molecule has 1 rings (SSSR count). The molecule has 1 N–H and O–H groups in total. The monoisotopic (exact) mass is 280 g/mol. The number of carboxylic acids is 1. The minimum absolute atomic E-state index is 0.0178. The van der Waals surface area contributed by atoms with Gasteiger partial charge in [0.15, 0.2) is 11.5 Å². The summed E-state index contributed by atoms with van der Waals surface area (Å²) in [5, 5.41) is 8.55. The van der Waals surface area contributed by atoms with E-state index in [1.807, 2.05) is 19.9 Å². The maximum atomic E-state index is 11.1. The van der Waals surface area contributed by atoms with Gasteiger partial charge in [-0.25, -0.2) is 4.79 Å². The molecule has 0 heterocycles. The van der Waals surface area contributed by atoms with Gasteiger partial charge in [-0.2, -0.15) is 0 Å². The third-order valence-corrected chi connectivity index (χ3v) is 2.65. The fourth-order valence-electron chi connectivity index (χ4n) is 1.67. The topological polar surface area (TPSA) is 72.8 Å². The maximum absolute atomic E-state index is 11.1. The molecule has 0 spiro atoms. The van der Waals surface area contributed by atoms with Crippen LogP contribution >= 0.6 is 0 Å². The van der Waals surface area contributed by atoms with Crippen LogP contribution in [0.3, 0.4) is 0 Å². The molecule has 0 aliphatic rings. The number of ether oxygens (including phenoxy) is 2. The second-order valence-corrected chi connectivity index (χ2v) is 4.29. The molecule has 0 saturated carbocycles. The number of carbonyl (C=O) groups is 2. The second-order valence-electron chi connectivity index (χ2n) is 4.29. The molecular formula is C15H20O5. The number of hydrogen-bond donors (Lipinski definition) is 1. The van der Waals surface area contributed by atoms with Crippen LogP contribution in [0.2, 0.25) is 0 Å². The summed E-state index contributed by atoms with van der Waals surface area (Å²) >= 11 is 0. The smallest absolute Gasteiger partial charge is 0.372 e. The predicted molar refractivity (Wildman–Crippen MR) is 74.4 cm³/mol. The quantitative estimate of drug-likeness (QED) is 0.703. The molecule has 1 aromatic rings. The van der Waals surface area contributed by atoms with E-state index in [4.69, 9.17) is 14.6 Å². The van der Waals surface area contributed by atoms with Crippen LogP contribution in [0.25, 0.3) is 0 Å². The lowest BCUT2D eigenvalue weighted by Crippen LogP contribution is -2.13. The molecule has 0 unspecified atom stereocenters. The Kier molecular flexibility index (Phi) is 6.56. The summed E-state index contributed by atoms with van der Waals surface area (Å²) in [6.07, 6.45) is 1.26. The van der Waals surface area contributed by atoms with E-state index in [0.29, 0.717) is 31.1 Å². The van der Waals surface area contributed by atoms with Crippen molar-refractivity contribution in [2.45, 2.75) is 33.1 Å². The Hall–Kier alpha value is -2.04. The predicted octanol–water partition coefficient (Wildman–Crippen LogP) is 2.46. The van der Waals surface area contributed by atoms with Gasteiger partial charge < -0.3 is 14.6 Å². The Bertz CT molecular complexity index is 467. The molecule has 0 atom stereocenters. The molecule has 1 aromatic carbocycles. The lowest BCUT2D eigenvalue weighted by Gasteiger charge is -2.12. The van der Waals surface area contributed by atoms with Crippen molar-refractivity contribution in [3.8, 4) is 11.5 Å². The summed E-state index contributed by atoms with van der Waals surface area (Å²) in [5.41, 5.74) is 0.854. The fraction of sp³-hybridized carbons (Fsp3) is 0.467. The van der Waals surface area contributed by atoms with Crippen LogP contribution in [0.1, 0.15) is 32.3 Å². The van der Waals surface area contributed by atoms with Gasteiger partial charge >= 0.3 is 5.97 Å². The van der Waals surface area contributed by atoms with Crippen LogP contribution in [0.15, 0.2) is 18.2 Å². The van der Waals surface area contributed by atoms with Gasteiger partial charge in [0.1, 0.15) is 0 Å². The zero-order valence-corrected chi connectivity index (χ0v) is 11.8. The average Bonchev–Trinajstić information content (AvgIpc) is 2.44. The van der Waals surface area contributed by atoms with Crippen LogP contribution in [0.5, 0.6) is 11.5 Å². The summed E-state index contributed by atoms with van der Waals surface area (Å²) in [5.74, 6) is -0.879. The van der Waals surface area contributed by atoms with Crippen molar-refractivity contribution in [2.75, 3.05) is 13.2 Å². The molecule has 0 aliphatic carbocycles. The number of ketones is 1.